The largest absolute Gasteiger partial charge is 0.452 e. The lowest BCUT2D eigenvalue weighted by Crippen LogP contribution is -2.50. The van der Waals surface area contributed by atoms with Crippen LogP contribution in [-0.4, -0.2) is 32.4 Å². The van der Waals surface area contributed by atoms with Crippen LogP contribution in [0, 0.1) is 25.2 Å². The van der Waals surface area contributed by atoms with E-state index in [2.05, 4.69) is 16.1 Å². The zero-order valence-electron chi connectivity index (χ0n) is 18.7. The molecule has 1 saturated carbocycles. The monoisotopic (exact) mass is 469 g/mol. The Morgan fingerprint density at radius 3 is 2.48 bits per heavy atom. The molecule has 0 atom stereocenters. The predicted molar refractivity (Wildman–Crippen MR) is 123 cm³/mol. The number of ether oxygens (including phenoxy) is 1. The van der Waals surface area contributed by atoms with Gasteiger partial charge in [-0.2, -0.15) is 5.26 Å². The molecule has 1 fully saturated rings. The van der Waals surface area contributed by atoms with Gasteiger partial charge in [0.2, 0.25) is 0 Å². The molecule has 1 amide bonds. The average molecular weight is 470 g/mol. The summed E-state index contributed by atoms with van der Waals surface area (Å²) in [6, 6.07) is 13.3. The molecule has 174 valence electrons. The molecule has 2 aromatic carbocycles. The van der Waals surface area contributed by atoms with Gasteiger partial charge >= 0.3 is 5.97 Å². The highest BCUT2D eigenvalue weighted by molar-refractivity contribution is 7.92. The number of hydrogen-bond acceptors (Lipinski definition) is 6. The Hall–Kier alpha value is -3.38. The Balaban J connectivity index is 1.68. The second kappa shape index (κ2) is 10.0. The predicted octanol–water partition coefficient (Wildman–Crippen LogP) is 3.60. The van der Waals surface area contributed by atoms with Crippen LogP contribution in [0.5, 0.6) is 0 Å². The van der Waals surface area contributed by atoms with E-state index in [1.807, 2.05) is 13.0 Å². The molecule has 0 saturated heterocycles. The van der Waals surface area contributed by atoms with Gasteiger partial charge < -0.3 is 10.1 Å². The standard InChI is InChI=1S/C24H27N3O5S/c1-17-7-6-8-20(13-17)27-33(30,31)21-14-19(10-9-18(21)2)23(29)32-15-22(28)26-24(16-25)11-4-3-5-12-24/h6-10,13-14,27H,3-5,11-12,15H2,1-2H3,(H,26,28). The topological polar surface area (TPSA) is 125 Å². The molecule has 0 radical (unpaired) electrons. The van der Waals surface area contributed by atoms with E-state index in [1.54, 1.807) is 25.1 Å². The van der Waals surface area contributed by atoms with Crippen molar-refractivity contribution in [3.05, 3.63) is 59.2 Å². The number of carbonyl (C=O) groups is 2. The molecule has 8 nitrogen and oxygen atoms in total. The van der Waals surface area contributed by atoms with Crippen LogP contribution in [0.2, 0.25) is 0 Å². The quantitative estimate of drug-likeness (QED) is 0.597. The molecule has 3 rings (SSSR count). The van der Waals surface area contributed by atoms with Gasteiger partial charge in [0.05, 0.1) is 16.5 Å². The number of nitrogens with one attached hydrogen (secondary N) is 2. The number of anilines is 1. The van der Waals surface area contributed by atoms with E-state index >= 15 is 0 Å². The number of rotatable bonds is 7. The van der Waals surface area contributed by atoms with Crippen LogP contribution in [0.15, 0.2) is 47.4 Å². The van der Waals surface area contributed by atoms with Crippen LogP contribution < -0.4 is 10.0 Å². The van der Waals surface area contributed by atoms with Crippen molar-refractivity contribution >= 4 is 27.6 Å². The van der Waals surface area contributed by atoms with Crippen LogP contribution in [0.4, 0.5) is 5.69 Å². The zero-order chi connectivity index (χ0) is 24.1. The molecule has 33 heavy (non-hydrogen) atoms. The molecule has 0 heterocycles. The third kappa shape index (κ3) is 6.11. The number of carbonyl (C=O) groups excluding carboxylic acids is 2. The van der Waals surface area contributed by atoms with Crippen LogP contribution in [0.3, 0.4) is 0 Å². The zero-order valence-corrected chi connectivity index (χ0v) is 19.5. The molecule has 0 spiro atoms. The number of hydrogen-bond donors (Lipinski definition) is 2. The normalized spacial score (nSPS) is 15.2. The first-order chi connectivity index (χ1) is 15.6. The van der Waals surface area contributed by atoms with Crippen molar-refractivity contribution in [3.63, 3.8) is 0 Å². The van der Waals surface area contributed by atoms with Crippen molar-refractivity contribution < 1.29 is 22.7 Å². The number of benzene rings is 2. The number of sulfonamides is 1. The summed E-state index contributed by atoms with van der Waals surface area (Å²) in [4.78, 5) is 24.7. The molecule has 0 unspecified atom stereocenters. The summed E-state index contributed by atoms with van der Waals surface area (Å²) in [6.45, 7) is 2.92. The minimum atomic E-state index is -3.95. The summed E-state index contributed by atoms with van der Waals surface area (Å²) in [5.41, 5.74) is 0.847. The van der Waals surface area contributed by atoms with Gasteiger partial charge in [-0.3, -0.25) is 9.52 Å². The lowest BCUT2D eigenvalue weighted by atomic mass is 9.83. The highest BCUT2D eigenvalue weighted by atomic mass is 32.2. The van der Waals surface area contributed by atoms with E-state index in [4.69, 9.17) is 4.74 Å². The lowest BCUT2D eigenvalue weighted by molar-refractivity contribution is -0.125. The van der Waals surface area contributed by atoms with E-state index in [-0.39, 0.29) is 10.5 Å². The SMILES string of the molecule is Cc1cccc(NS(=O)(=O)c2cc(C(=O)OCC(=O)NC3(C#N)CCCCC3)ccc2C)c1. The Labute approximate surface area is 194 Å². The Morgan fingerprint density at radius 2 is 1.82 bits per heavy atom. The Bertz CT molecular complexity index is 1190. The average Bonchev–Trinajstić information content (AvgIpc) is 2.78. The van der Waals surface area contributed by atoms with Crippen molar-refractivity contribution in [2.45, 2.75) is 56.4 Å². The molecule has 0 aromatic heterocycles. The molecule has 2 N–H and O–H groups in total. The first kappa shape index (κ1) is 24.3. The minimum Gasteiger partial charge on any atom is -0.452 e. The Kier molecular flexibility index (Phi) is 7.39. The maximum atomic E-state index is 12.9. The number of esters is 1. The fourth-order valence-electron chi connectivity index (χ4n) is 3.87. The summed E-state index contributed by atoms with van der Waals surface area (Å²) in [6.07, 6.45) is 3.86. The molecule has 1 aliphatic rings. The van der Waals surface area contributed by atoms with Gasteiger partial charge in [0.25, 0.3) is 15.9 Å². The number of amides is 1. The van der Waals surface area contributed by atoms with Crippen molar-refractivity contribution in [1.29, 1.82) is 5.26 Å². The molecule has 9 heteroatoms. The molecular weight excluding hydrogens is 442 g/mol. The van der Waals surface area contributed by atoms with Gasteiger partial charge in [-0.15, -0.1) is 0 Å². The van der Waals surface area contributed by atoms with Gasteiger partial charge in [0, 0.05) is 5.69 Å². The van der Waals surface area contributed by atoms with Gasteiger partial charge in [0.1, 0.15) is 5.54 Å². The van der Waals surface area contributed by atoms with Gasteiger partial charge in [-0.1, -0.05) is 37.5 Å². The van der Waals surface area contributed by atoms with Crippen molar-refractivity contribution in [3.8, 4) is 6.07 Å². The molecule has 2 aromatic rings. The third-order valence-electron chi connectivity index (χ3n) is 5.62. The summed E-state index contributed by atoms with van der Waals surface area (Å²) in [5.74, 6) is -1.39. The molecule has 1 aliphatic carbocycles. The fraction of sp³-hybridized carbons (Fsp3) is 0.375. The summed E-state index contributed by atoms with van der Waals surface area (Å²) < 4.78 is 33.4. The van der Waals surface area contributed by atoms with Crippen LogP contribution in [-0.2, 0) is 19.6 Å². The number of nitrogens with zero attached hydrogens (tertiary/aromatic N) is 1. The number of aryl methyl sites for hydroxylation is 2. The highest BCUT2D eigenvalue weighted by Gasteiger charge is 2.33. The van der Waals surface area contributed by atoms with E-state index in [1.165, 1.54) is 18.2 Å². The summed E-state index contributed by atoms with van der Waals surface area (Å²) in [7, 11) is -3.95. The first-order valence-corrected chi connectivity index (χ1v) is 12.2. The maximum absolute atomic E-state index is 12.9. The smallest absolute Gasteiger partial charge is 0.338 e. The van der Waals surface area contributed by atoms with Crippen LogP contribution in [0.1, 0.15) is 53.6 Å². The molecule has 0 aliphatic heterocycles. The second-order valence-corrected chi connectivity index (χ2v) is 9.98. The summed E-state index contributed by atoms with van der Waals surface area (Å²) in [5, 5.41) is 12.1. The Morgan fingerprint density at radius 1 is 1.09 bits per heavy atom. The maximum Gasteiger partial charge on any atom is 0.338 e. The highest BCUT2D eigenvalue weighted by Crippen LogP contribution is 2.27. The van der Waals surface area contributed by atoms with E-state index < -0.39 is 34.0 Å². The first-order valence-electron chi connectivity index (χ1n) is 10.7. The van der Waals surface area contributed by atoms with E-state index in [0.717, 1.165) is 24.8 Å². The molecule has 0 bridgehead atoms. The third-order valence-corrected chi connectivity index (χ3v) is 7.14. The second-order valence-electron chi connectivity index (χ2n) is 8.33. The van der Waals surface area contributed by atoms with Crippen molar-refractivity contribution in [2.75, 3.05) is 11.3 Å². The summed E-state index contributed by atoms with van der Waals surface area (Å²) >= 11 is 0. The number of nitriles is 1. The van der Waals surface area contributed by atoms with Gasteiger partial charge in [0.15, 0.2) is 6.61 Å². The minimum absolute atomic E-state index is 0.00526. The lowest BCUT2D eigenvalue weighted by Gasteiger charge is -2.31. The van der Waals surface area contributed by atoms with Gasteiger partial charge in [-0.05, 0) is 62.1 Å². The van der Waals surface area contributed by atoms with Crippen molar-refractivity contribution in [2.24, 2.45) is 0 Å². The van der Waals surface area contributed by atoms with E-state index in [0.29, 0.717) is 24.1 Å². The van der Waals surface area contributed by atoms with Crippen LogP contribution in [0.25, 0.3) is 0 Å². The van der Waals surface area contributed by atoms with Gasteiger partial charge in [-0.25, -0.2) is 13.2 Å². The fourth-order valence-corrected chi connectivity index (χ4v) is 5.19. The van der Waals surface area contributed by atoms with Crippen LogP contribution >= 0.6 is 0 Å². The molecular formula is C24H27N3O5S. The van der Waals surface area contributed by atoms with E-state index in [9.17, 15) is 23.3 Å². The van der Waals surface area contributed by atoms with Crippen molar-refractivity contribution in [1.82, 2.24) is 5.32 Å².